The van der Waals surface area contributed by atoms with Gasteiger partial charge in [-0.3, -0.25) is 4.79 Å². The summed E-state index contributed by atoms with van der Waals surface area (Å²) in [6, 6.07) is 0. The zero-order valence-electron chi connectivity index (χ0n) is 6.94. The second-order valence-corrected chi connectivity index (χ2v) is 2.73. The Hall–Kier alpha value is -0.750. The third-order valence-corrected chi connectivity index (χ3v) is 1.84. The number of hydrogen-bond acceptors (Lipinski definition) is 4. The van der Waals surface area contributed by atoms with E-state index < -0.39 is 37.1 Å². The Balaban J connectivity index is 2.49. The summed E-state index contributed by atoms with van der Waals surface area (Å²) in [7, 11) is 1.13. The summed E-state index contributed by atoms with van der Waals surface area (Å²) in [6.45, 7) is 0. The van der Waals surface area contributed by atoms with Crippen LogP contribution in [0.15, 0.2) is 0 Å². The number of aliphatic hydroxyl groups is 1. The van der Waals surface area contributed by atoms with Gasteiger partial charge in [0.15, 0.2) is 18.6 Å². The van der Waals surface area contributed by atoms with Gasteiger partial charge in [0.2, 0.25) is 0 Å². The number of aliphatic hydroxyl groups excluding tert-OH is 1. The second-order valence-electron chi connectivity index (χ2n) is 2.73. The maximum Gasteiger partial charge on any atom is 0.308 e. The highest BCUT2D eigenvalue weighted by molar-refractivity contribution is 5.69. The van der Waals surface area contributed by atoms with Crippen molar-refractivity contribution in [3.8, 4) is 0 Å². The fraction of sp³-hybridized carbons (Fsp3) is 0.857. The van der Waals surface area contributed by atoms with Crippen molar-refractivity contribution >= 4 is 5.97 Å². The monoisotopic (exact) mass is 196 g/mol. The van der Waals surface area contributed by atoms with Crippen LogP contribution in [0, 0.1) is 0 Å². The summed E-state index contributed by atoms with van der Waals surface area (Å²) >= 11 is 0. The third kappa shape index (κ3) is 2.13. The summed E-state index contributed by atoms with van der Waals surface area (Å²) in [5.74, 6) is -0.700. The Kier molecular flexibility index (Phi) is 3.16. The number of methoxy groups -OCH3 is 1. The SMILES string of the molecule is COC(=O)CC1OC(O)C(F)C1F. The number of ether oxygens (including phenoxy) is 2. The van der Waals surface area contributed by atoms with Crippen molar-refractivity contribution in [3.63, 3.8) is 0 Å². The molecule has 0 amide bonds. The van der Waals surface area contributed by atoms with E-state index in [9.17, 15) is 13.6 Å². The predicted molar refractivity (Wildman–Crippen MR) is 37.3 cm³/mol. The molecular weight excluding hydrogens is 186 g/mol. The molecule has 1 fully saturated rings. The Labute approximate surface area is 73.4 Å². The molecule has 1 aliphatic rings. The Morgan fingerprint density at radius 2 is 2.15 bits per heavy atom. The molecule has 1 N–H and O–H groups in total. The number of halogens is 2. The minimum Gasteiger partial charge on any atom is -0.469 e. The van der Waals surface area contributed by atoms with E-state index >= 15 is 0 Å². The van der Waals surface area contributed by atoms with E-state index in [1.54, 1.807) is 0 Å². The van der Waals surface area contributed by atoms with Gasteiger partial charge in [-0.05, 0) is 0 Å². The van der Waals surface area contributed by atoms with Crippen LogP contribution in [-0.2, 0) is 14.3 Å². The van der Waals surface area contributed by atoms with E-state index in [4.69, 9.17) is 5.11 Å². The average molecular weight is 196 g/mol. The molecule has 4 atom stereocenters. The smallest absolute Gasteiger partial charge is 0.308 e. The van der Waals surface area contributed by atoms with Crippen molar-refractivity contribution in [1.29, 1.82) is 0 Å². The third-order valence-electron chi connectivity index (χ3n) is 1.84. The highest BCUT2D eigenvalue weighted by atomic mass is 19.2. The topological polar surface area (TPSA) is 55.8 Å². The summed E-state index contributed by atoms with van der Waals surface area (Å²) in [6.07, 6.45) is -7.50. The number of rotatable bonds is 2. The minimum absolute atomic E-state index is 0.394. The van der Waals surface area contributed by atoms with Crippen molar-refractivity contribution in [2.24, 2.45) is 0 Å². The van der Waals surface area contributed by atoms with Crippen molar-refractivity contribution in [1.82, 2.24) is 0 Å². The van der Waals surface area contributed by atoms with Gasteiger partial charge in [0.05, 0.1) is 13.5 Å². The van der Waals surface area contributed by atoms with Crippen molar-refractivity contribution in [3.05, 3.63) is 0 Å². The molecule has 1 heterocycles. The molecule has 0 aromatic rings. The first-order chi connectivity index (χ1) is 6.06. The first-order valence-corrected chi connectivity index (χ1v) is 3.74. The molecule has 6 heteroatoms. The quantitative estimate of drug-likeness (QED) is 0.629. The zero-order valence-corrected chi connectivity index (χ0v) is 6.94. The van der Waals surface area contributed by atoms with Crippen LogP contribution < -0.4 is 0 Å². The van der Waals surface area contributed by atoms with E-state index in [0.717, 1.165) is 7.11 Å². The molecule has 0 aromatic heterocycles. The maximum atomic E-state index is 12.9. The van der Waals surface area contributed by atoms with E-state index in [1.807, 2.05) is 0 Å². The van der Waals surface area contributed by atoms with Gasteiger partial charge < -0.3 is 14.6 Å². The van der Waals surface area contributed by atoms with E-state index in [0.29, 0.717) is 0 Å². The number of carbonyl (C=O) groups excluding carboxylic acids is 1. The van der Waals surface area contributed by atoms with Gasteiger partial charge in [-0.1, -0.05) is 0 Å². The van der Waals surface area contributed by atoms with Crippen LogP contribution >= 0.6 is 0 Å². The van der Waals surface area contributed by atoms with Crippen LogP contribution in [0.25, 0.3) is 0 Å². The highest BCUT2D eigenvalue weighted by Gasteiger charge is 2.45. The molecule has 0 aromatic carbocycles. The van der Waals surface area contributed by atoms with Gasteiger partial charge in [-0.25, -0.2) is 8.78 Å². The van der Waals surface area contributed by atoms with E-state index in [2.05, 4.69) is 9.47 Å². The molecule has 0 saturated carbocycles. The lowest BCUT2D eigenvalue weighted by molar-refractivity contribution is -0.149. The number of alkyl halides is 2. The van der Waals surface area contributed by atoms with Crippen molar-refractivity contribution in [2.75, 3.05) is 7.11 Å². The molecule has 13 heavy (non-hydrogen) atoms. The van der Waals surface area contributed by atoms with Crippen LogP contribution in [0.2, 0.25) is 0 Å². The molecule has 0 bridgehead atoms. The molecule has 4 unspecified atom stereocenters. The van der Waals surface area contributed by atoms with Crippen LogP contribution in [0.5, 0.6) is 0 Å². The molecule has 1 aliphatic heterocycles. The Bertz CT molecular complexity index is 199. The number of carbonyl (C=O) groups is 1. The van der Waals surface area contributed by atoms with Crippen LogP contribution in [0.1, 0.15) is 6.42 Å². The summed E-state index contributed by atoms with van der Waals surface area (Å²) in [5, 5.41) is 8.73. The first-order valence-electron chi connectivity index (χ1n) is 3.74. The zero-order chi connectivity index (χ0) is 10.0. The second kappa shape index (κ2) is 3.97. The molecule has 0 spiro atoms. The predicted octanol–water partition coefficient (Wildman–Crippen LogP) is -0.0571. The molecule has 4 nitrogen and oxygen atoms in total. The molecular formula is C7H10F2O4. The summed E-state index contributed by atoms with van der Waals surface area (Å²) in [5.41, 5.74) is 0. The normalized spacial score (nSPS) is 39.1. The molecule has 76 valence electrons. The maximum absolute atomic E-state index is 12.9. The van der Waals surface area contributed by atoms with Gasteiger partial charge >= 0.3 is 5.97 Å². The Morgan fingerprint density at radius 1 is 1.54 bits per heavy atom. The average Bonchev–Trinajstić information content (AvgIpc) is 2.34. The first kappa shape index (κ1) is 10.3. The van der Waals surface area contributed by atoms with Gasteiger partial charge in [0, 0.05) is 0 Å². The van der Waals surface area contributed by atoms with Crippen LogP contribution in [-0.4, -0.2) is 42.9 Å². The van der Waals surface area contributed by atoms with Crippen LogP contribution in [0.3, 0.4) is 0 Å². The van der Waals surface area contributed by atoms with Crippen molar-refractivity contribution in [2.45, 2.75) is 31.2 Å². The van der Waals surface area contributed by atoms with E-state index in [-0.39, 0.29) is 0 Å². The van der Waals surface area contributed by atoms with Gasteiger partial charge in [0.1, 0.15) is 6.10 Å². The molecule has 1 saturated heterocycles. The molecule has 0 aliphatic carbocycles. The summed E-state index contributed by atoms with van der Waals surface area (Å²) in [4.78, 5) is 10.7. The molecule has 0 radical (unpaired) electrons. The van der Waals surface area contributed by atoms with E-state index in [1.165, 1.54) is 0 Å². The highest BCUT2D eigenvalue weighted by Crippen LogP contribution is 2.27. The fourth-order valence-corrected chi connectivity index (χ4v) is 1.10. The minimum atomic E-state index is -2.09. The Morgan fingerprint density at radius 3 is 2.54 bits per heavy atom. The lowest BCUT2D eigenvalue weighted by Gasteiger charge is -2.09. The number of hydrogen-bond donors (Lipinski definition) is 1. The van der Waals surface area contributed by atoms with Gasteiger partial charge in [0.25, 0.3) is 0 Å². The lowest BCUT2D eigenvalue weighted by atomic mass is 10.1. The van der Waals surface area contributed by atoms with Crippen molar-refractivity contribution < 1.29 is 28.2 Å². The van der Waals surface area contributed by atoms with Gasteiger partial charge in [-0.15, -0.1) is 0 Å². The summed E-state index contributed by atoms with van der Waals surface area (Å²) < 4.78 is 34.2. The van der Waals surface area contributed by atoms with Crippen LogP contribution in [0.4, 0.5) is 8.78 Å². The van der Waals surface area contributed by atoms with Gasteiger partial charge in [-0.2, -0.15) is 0 Å². The fourth-order valence-electron chi connectivity index (χ4n) is 1.10. The lowest BCUT2D eigenvalue weighted by Crippen LogP contribution is -2.26. The molecule has 1 rings (SSSR count). The standard InChI is InChI=1S/C7H10F2O4/c1-12-4(10)2-3-5(8)6(9)7(11)13-3/h3,5-7,11H,2H2,1H3. The number of esters is 1. The largest absolute Gasteiger partial charge is 0.469 e.